The van der Waals surface area contributed by atoms with Crippen molar-refractivity contribution in [2.24, 2.45) is 0 Å². The normalized spacial score (nSPS) is 11.7. The van der Waals surface area contributed by atoms with Crippen LogP contribution in [0.3, 0.4) is 0 Å². The van der Waals surface area contributed by atoms with Crippen LogP contribution in [0.5, 0.6) is 0 Å². The predicted molar refractivity (Wildman–Crippen MR) is 69.3 cm³/mol. The first kappa shape index (κ1) is 14.5. The summed E-state index contributed by atoms with van der Waals surface area (Å²) in [7, 11) is 1.30. The molecular weight excluding hydrogens is 254 g/mol. The number of rotatable bonds is 5. The van der Waals surface area contributed by atoms with Gasteiger partial charge in [-0.15, -0.1) is 0 Å². The van der Waals surface area contributed by atoms with Gasteiger partial charge in [-0.25, -0.2) is 0 Å². The third kappa shape index (κ3) is 4.75. The van der Waals surface area contributed by atoms with E-state index in [4.69, 9.17) is 11.6 Å². The first-order valence-corrected chi connectivity index (χ1v) is 6.02. The average Bonchev–Trinajstić information content (AvgIpc) is 2.36. The quantitative estimate of drug-likeness (QED) is 0.836. The molecule has 18 heavy (non-hydrogen) atoms. The van der Waals surface area contributed by atoms with Gasteiger partial charge >= 0.3 is 5.97 Å². The fraction of sp³-hybridized carbons (Fsp3) is 0.385. The van der Waals surface area contributed by atoms with Gasteiger partial charge in [0.2, 0.25) is 5.91 Å². The summed E-state index contributed by atoms with van der Waals surface area (Å²) in [6, 6.07) is 7.14. The number of ether oxygens (including phenoxy) is 1. The number of carbonyl (C=O) groups is 2. The second kappa shape index (κ2) is 7.01. The summed E-state index contributed by atoms with van der Waals surface area (Å²) < 4.78 is 4.47. The average molecular weight is 270 g/mol. The summed E-state index contributed by atoms with van der Waals surface area (Å²) in [4.78, 5) is 22.5. The Morgan fingerprint density at radius 1 is 1.28 bits per heavy atom. The van der Waals surface area contributed by atoms with Crippen LogP contribution in [0.4, 0.5) is 0 Å². The number of methoxy groups -OCH3 is 1. The Balaban J connectivity index is 2.44. The van der Waals surface area contributed by atoms with Gasteiger partial charge in [-0.2, -0.15) is 0 Å². The van der Waals surface area contributed by atoms with Crippen LogP contribution in [0.15, 0.2) is 24.3 Å². The van der Waals surface area contributed by atoms with Crippen LogP contribution in [-0.4, -0.2) is 19.0 Å². The van der Waals surface area contributed by atoms with Crippen LogP contribution < -0.4 is 5.32 Å². The van der Waals surface area contributed by atoms with Crippen LogP contribution >= 0.6 is 11.6 Å². The van der Waals surface area contributed by atoms with Gasteiger partial charge in [0.25, 0.3) is 0 Å². The molecule has 1 amide bonds. The highest BCUT2D eigenvalue weighted by molar-refractivity contribution is 6.30. The third-order valence-corrected chi connectivity index (χ3v) is 2.78. The highest BCUT2D eigenvalue weighted by Gasteiger charge is 2.11. The molecule has 4 nitrogen and oxygen atoms in total. The molecule has 0 aliphatic heterocycles. The fourth-order valence-electron chi connectivity index (χ4n) is 1.47. The first-order valence-electron chi connectivity index (χ1n) is 5.64. The summed E-state index contributed by atoms with van der Waals surface area (Å²) in [6.07, 6.45) is 0.222. The van der Waals surface area contributed by atoms with E-state index >= 15 is 0 Å². The Labute approximate surface area is 111 Å². The first-order chi connectivity index (χ1) is 8.52. The molecular formula is C13H16ClNO3. The molecule has 1 rings (SSSR count). The number of nitrogens with one attached hydrogen (secondary N) is 1. The Hall–Kier alpha value is -1.55. The van der Waals surface area contributed by atoms with Gasteiger partial charge in [0.15, 0.2) is 0 Å². The minimum absolute atomic E-state index is 0.0929. The Morgan fingerprint density at radius 3 is 2.44 bits per heavy atom. The van der Waals surface area contributed by atoms with E-state index in [1.54, 1.807) is 12.1 Å². The number of hydrogen-bond acceptors (Lipinski definition) is 3. The molecule has 5 heteroatoms. The van der Waals surface area contributed by atoms with Crippen molar-refractivity contribution in [1.29, 1.82) is 0 Å². The molecule has 1 atom stereocenters. The van der Waals surface area contributed by atoms with Gasteiger partial charge in [-0.1, -0.05) is 23.7 Å². The van der Waals surface area contributed by atoms with E-state index in [-0.39, 0.29) is 30.8 Å². The summed E-state index contributed by atoms with van der Waals surface area (Å²) in [5.41, 5.74) is 0.964. The topological polar surface area (TPSA) is 55.4 Å². The fourth-order valence-corrected chi connectivity index (χ4v) is 1.59. The van der Waals surface area contributed by atoms with Gasteiger partial charge in [-0.3, -0.25) is 9.59 Å². The minimum Gasteiger partial charge on any atom is -0.469 e. The molecule has 0 saturated carbocycles. The molecule has 0 bridgehead atoms. The molecule has 0 aliphatic rings. The molecule has 1 aromatic rings. The zero-order valence-electron chi connectivity index (χ0n) is 10.4. The van der Waals surface area contributed by atoms with Gasteiger partial charge in [-0.05, 0) is 24.6 Å². The van der Waals surface area contributed by atoms with E-state index in [2.05, 4.69) is 10.1 Å². The summed E-state index contributed by atoms with van der Waals surface area (Å²) in [5.74, 6) is -0.563. The number of esters is 1. The number of halogens is 1. The molecule has 0 aromatic heterocycles. The standard InChI is InChI=1S/C13H16ClNO3/c1-9(10-3-5-11(14)6-4-10)15-12(16)7-8-13(17)18-2/h3-6,9H,7-8H2,1-2H3,(H,15,16)/t9-/m1/s1. The summed E-state index contributed by atoms with van der Waals surface area (Å²) in [6.45, 7) is 1.87. The minimum atomic E-state index is -0.385. The van der Waals surface area contributed by atoms with Crippen molar-refractivity contribution in [2.75, 3.05) is 7.11 Å². The van der Waals surface area contributed by atoms with E-state index in [9.17, 15) is 9.59 Å². The SMILES string of the molecule is COC(=O)CCC(=O)N[C@H](C)c1ccc(Cl)cc1. The molecule has 0 spiro atoms. The van der Waals surface area contributed by atoms with Crippen LogP contribution in [0.2, 0.25) is 5.02 Å². The van der Waals surface area contributed by atoms with Gasteiger partial charge < -0.3 is 10.1 Å². The maximum atomic E-state index is 11.6. The van der Waals surface area contributed by atoms with Crippen LogP contribution in [-0.2, 0) is 14.3 Å². The number of amides is 1. The lowest BCUT2D eigenvalue weighted by molar-refractivity contribution is -0.142. The van der Waals surface area contributed by atoms with E-state index in [1.807, 2.05) is 19.1 Å². The molecule has 1 aromatic carbocycles. The Morgan fingerprint density at radius 2 is 1.89 bits per heavy atom. The van der Waals surface area contributed by atoms with Crippen molar-refractivity contribution in [3.63, 3.8) is 0 Å². The molecule has 0 saturated heterocycles. The highest BCUT2D eigenvalue weighted by Crippen LogP contribution is 2.16. The molecule has 98 valence electrons. The van der Waals surface area contributed by atoms with Crippen molar-refractivity contribution < 1.29 is 14.3 Å². The van der Waals surface area contributed by atoms with Crippen molar-refractivity contribution in [1.82, 2.24) is 5.32 Å². The van der Waals surface area contributed by atoms with Crippen LogP contribution in [0.25, 0.3) is 0 Å². The van der Waals surface area contributed by atoms with E-state index in [1.165, 1.54) is 7.11 Å². The second-order valence-corrected chi connectivity index (χ2v) is 4.35. The smallest absolute Gasteiger partial charge is 0.306 e. The largest absolute Gasteiger partial charge is 0.469 e. The lowest BCUT2D eigenvalue weighted by Crippen LogP contribution is -2.27. The molecule has 0 heterocycles. The highest BCUT2D eigenvalue weighted by atomic mass is 35.5. The lowest BCUT2D eigenvalue weighted by atomic mass is 10.1. The maximum absolute atomic E-state index is 11.6. The monoisotopic (exact) mass is 269 g/mol. The second-order valence-electron chi connectivity index (χ2n) is 3.92. The third-order valence-electron chi connectivity index (χ3n) is 2.53. The molecule has 0 unspecified atom stereocenters. The van der Waals surface area contributed by atoms with E-state index < -0.39 is 0 Å². The van der Waals surface area contributed by atoms with Crippen LogP contribution in [0, 0.1) is 0 Å². The maximum Gasteiger partial charge on any atom is 0.306 e. The Kier molecular flexibility index (Phi) is 5.65. The molecule has 0 aliphatic carbocycles. The number of carbonyl (C=O) groups excluding carboxylic acids is 2. The van der Waals surface area contributed by atoms with Crippen molar-refractivity contribution >= 4 is 23.5 Å². The number of benzene rings is 1. The van der Waals surface area contributed by atoms with E-state index in [0.717, 1.165) is 5.56 Å². The van der Waals surface area contributed by atoms with Gasteiger partial charge in [0.1, 0.15) is 0 Å². The van der Waals surface area contributed by atoms with Gasteiger partial charge in [0.05, 0.1) is 19.6 Å². The number of hydrogen-bond donors (Lipinski definition) is 1. The Bertz CT molecular complexity index is 417. The molecule has 1 N–H and O–H groups in total. The zero-order valence-corrected chi connectivity index (χ0v) is 11.2. The lowest BCUT2D eigenvalue weighted by Gasteiger charge is -2.14. The predicted octanol–water partition coefficient (Wildman–Crippen LogP) is 2.47. The van der Waals surface area contributed by atoms with Crippen molar-refractivity contribution in [3.8, 4) is 0 Å². The zero-order chi connectivity index (χ0) is 13.5. The van der Waals surface area contributed by atoms with Gasteiger partial charge in [0, 0.05) is 11.4 Å². The molecule has 0 radical (unpaired) electrons. The summed E-state index contributed by atoms with van der Waals surface area (Å²) >= 11 is 5.78. The van der Waals surface area contributed by atoms with E-state index in [0.29, 0.717) is 5.02 Å². The molecule has 0 fully saturated rings. The van der Waals surface area contributed by atoms with Crippen molar-refractivity contribution in [2.45, 2.75) is 25.8 Å². The summed E-state index contributed by atoms with van der Waals surface area (Å²) in [5, 5.41) is 3.46. The van der Waals surface area contributed by atoms with Crippen molar-refractivity contribution in [3.05, 3.63) is 34.9 Å². The van der Waals surface area contributed by atoms with Crippen LogP contribution in [0.1, 0.15) is 31.4 Å².